The summed E-state index contributed by atoms with van der Waals surface area (Å²) < 4.78 is 0. The number of nitrogens with one attached hydrogen (secondary N) is 1. The minimum atomic E-state index is 0.210. The molecule has 142 valence electrons. The summed E-state index contributed by atoms with van der Waals surface area (Å²) in [4.78, 5) is 7.09. The van der Waals surface area contributed by atoms with Crippen LogP contribution in [0.25, 0.3) is 0 Å². The van der Waals surface area contributed by atoms with Gasteiger partial charge in [-0.15, -0.1) is 0 Å². The Morgan fingerprint density at radius 1 is 1.35 bits per heavy atom. The Morgan fingerprint density at radius 3 is 2.73 bits per heavy atom. The first-order valence-corrected chi connectivity index (χ1v) is 10.4. The smallest absolute Gasteiger partial charge is 0.107 e. The van der Waals surface area contributed by atoms with Crippen molar-refractivity contribution in [2.24, 2.45) is 16.1 Å². The van der Waals surface area contributed by atoms with E-state index in [0.29, 0.717) is 6.04 Å². The maximum Gasteiger partial charge on any atom is 0.107 e. The fraction of sp³-hybridized carbons (Fsp3) is 0.682. The summed E-state index contributed by atoms with van der Waals surface area (Å²) in [6.45, 7) is 6.72. The lowest BCUT2D eigenvalue weighted by Crippen LogP contribution is -2.38. The minimum Gasteiger partial charge on any atom is -0.363 e. The predicted octanol–water partition coefficient (Wildman–Crippen LogP) is 3.52. The Bertz CT molecular complexity index is 693. The largest absolute Gasteiger partial charge is 0.363 e. The summed E-state index contributed by atoms with van der Waals surface area (Å²) >= 11 is 0. The predicted molar refractivity (Wildman–Crippen MR) is 109 cm³/mol. The lowest BCUT2D eigenvalue weighted by Gasteiger charge is -2.40. The molecular weight excluding hydrogens is 320 g/mol. The van der Waals surface area contributed by atoms with Crippen molar-refractivity contribution in [3.8, 4) is 0 Å². The van der Waals surface area contributed by atoms with E-state index >= 15 is 0 Å². The number of likely N-dealkylation sites (tertiary alicyclic amines) is 1. The van der Waals surface area contributed by atoms with Crippen molar-refractivity contribution in [2.75, 3.05) is 20.1 Å². The summed E-state index contributed by atoms with van der Waals surface area (Å²) in [6.07, 6.45) is 13.6. The number of hydrogen-bond donors (Lipinski definition) is 2. The summed E-state index contributed by atoms with van der Waals surface area (Å²) in [5.41, 5.74) is 12.6. The molecule has 1 spiro atoms. The van der Waals surface area contributed by atoms with E-state index in [1.54, 1.807) is 11.1 Å². The maximum atomic E-state index is 6.31. The third-order valence-electron chi connectivity index (χ3n) is 7.12. The number of nitrogens with zero attached hydrogens (tertiary/aromatic N) is 2. The molecule has 2 atom stereocenters. The molecule has 26 heavy (non-hydrogen) atoms. The van der Waals surface area contributed by atoms with Gasteiger partial charge in [-0.05, 0) is 62.2 Å². The zero-order chi connectivity index (χ0) is 18.3. The van der Waals surface area contributed by atoms with Gasteiger partial charge in [0.25, 0.3) is 0 Å². The van der Waals surface area contributed by atoms with Crippen LogP contribution < -0.4 is 11.1 Å². The summed E-state index contributed by atoms with van der Waals surface area (Å²) in [7, 11) is 1.94. The fourth-order valence-corrected chi connectivity index (χ4v) is 5.39. The van der Waals surface area contributed by atoms with Crippen LogP contribution in [0.3, 0.4) is 0 Å². The van der Waals surface area contributed by atoms with Gasteiger partial charge in [-0.2, -0.15) is 0 Å². The Morgan fingerprint density at radius 2 is 2.15 bits per heavy atom. The molecule has 0 aromatic heterocycles. The van der Waals surface area contributed by atoms with Crippen molar-refractivity contribution >= 4 is 5.84 Å². The average Bonchev–Trinajstić information content (AvgIpc) is 3.14. The van der Waals surface area contributed by atoms with Crippen molar-refractivity contribution < 1.29 is 0 Å². The van der Waals surface area contributed by atoms with Crippen LogP contribution in [0, 0.1) is 5.41 Å². The second-order valence-electron chi connectivity index (χ2n) is 8.50. The molecule has 2 heterocycles. The molecule has 2 aliphatic carbocycles. The number of amidine groups is 1. The maximum absolute atomic E-state index is 6.31. The highest BCUT2D eigenvalue weighted by Crippen LogP contribution is 2.53. The highest BCUT2D eigenvalue weighted by Gasteiger charge is 2.52. The van der Waals surface area contributed by atoms with Gasteiger partial charge in [0.1, 0.15) is 5.84 Å². The molecule has 0 aromatic rings. The quantitative estimate of drug-likeness (QED) is 0.763. The number of allylic oxidation sites excluding steroid dienone is 2. The topological polar surface area (TPSA) is 53.6 Å². The number of fused-ring (bicyclic) bond motifs is 2. The van der Waals surface area contributed by atoms with E-state index in [0.717, 1.165) is 32.4 Å². The molecule has 4 rings (SSSR count). The van der Waals surface area contributed by atoms with Gasteiger partial charge in [-0.1, -0.05) is 31.1 Å². The summed E-state index contributed by atoms with van der Waals surface area (Å²) in [5.74, 6) is 1.22. The third kappa shape index (κ3) is 2.78. The molecule has 2 aliphatic heterocycles. The molecule has 4 nitrogen and oxygen atoms in total. The standard InChI is InChI=1S/C22H34N4/c1-4-16-8-9-18-20(25-21(24-3)22(18)10-6-11-22)15(2)13-17(16)14-26-12-5-7-19(26)23/h9,13,19-20H,4-8,10-12,14,23H2,1-3H3,(H,24,25)/b15-13+,17-16+,18-9+. The molecule has 0 radical (unpaired) electrons. The number of rotatable bonds is 3. The minimum absolute atomic E-state index is 0.210. The van der Waals surface area contributed by atoms with Crippen LogP contribution in [0.2, 0.25) is 0 Å². The van der Waals surface area contributed by atoms with Gasteiger partial charge in [0.15, 0.2) is 0 Å². The molecule has 3 fully saturated rings. The number of aliphatic imine (C=N–C) groups is 1. The van der Waals surface area contributed by atoms with E-state index in [2.05, 4.69) is 41.2 Å². The monoisotopic (exact) mass is 354 g/mol. The lowest BCUT2D eigenvalue weighted by atomic mass is 9.63. The van der Waals surface area contributed by atoms with Gasteiger partial charge in [0, 0.05) is 20.1 Å². The first-order valence-electron chi connectivity index (χ1n) is 10.4. The van der Waals surface area contributed by atoms with Crippen LogP contribution in [-0.2, 0) is 0 Å². The number of nitrogens with two attached hydrogens (primary N) is 1. The van der Waals surface area contributed by atoms with Gasteiger partial charge >= 0.3 is 0 Å². The zero-order valence-corrected chi connectivity index (χ0v) is 16.6. The van der Waals surface area contributed by atoms with Crippen molar-refractivity contribution in [3.63, 3.8) is 0 Å². The first kappa shape index (κ1) is 18.0. The van der Waals surface area contributed by atoms with Gasteiger partial charge < -0.3 is 11.1 Å². The van der Waals surface area contributed by atoms with Gasteiger partial charge in [-0.25, -0.2) is 0 Å². The lowest BCUT2D eigenvalue weighted by molar-refractivity contribution is 0.281. The fourth-order valence-electron chi connectivity index (χ4n) is 5.39. The Balaban J connectivity index is 1.68. The molecule has 4 heteroatoms. The van der Waals surface area contributed by atoms with Crippen LogP contribution in [0.4, 0.5) is 0 Å². The third-order valence-corrected chi connectivity index (χ3v) is 7.12. The van der Waals surface area contributed by atoms with Gasteiger partial charge in [-0.3, -0.25) is 9.89 Å². The Labute approximate surface area is 158 Å². The van der Waals surface area contributed by atoms with Crippen molar-refractivity contribution in [2.45, 2.75) is 71.0 Å². The zero-order valence-electron chi connectivity index (χ0n) is 16.6. The summed E-state index contributed by atoms with van der Waals surface area (Å²) in [5, 5.41) is 3.76. The van der Waals surface area contributed by atoms with Crippen LogP contribution in [-0.4, -0.2) is 43.1 Å². The van der Waals surface area contributed by atoms with Crippen molar-refractivity contribution in [3.05, 3.63) is 34.4 Å². The van der Waals surface area contributed by atoms with E-state index in [-0.39, 0.29) is 11.6 Å². The van der Waals surface area contributed by atoms with Crippen LogP contribution in [0.15, 0.2) is 39.4 Å². The second kappa shape index (κ2) is 6.97. The second-order valence-corrected chi connectivity index (χ2v) is 8.50. The van der Waals surface area contributed by atoms with Crippen LogP contribution >= 0.6 is 0 Å². The van der Waals surface area contributed by atoms with Crippen LogP contribution in [0.5, 0.6) is 0 Å². The summed E-state index contributed by atoms with van der Waals surface area (Å²) in [6, 6.07) is 0.328. The van der Waals surface area contributed by atoms with E-state index < -0.39 is 0 Å². The molecule has 4 aliphatic rings. The van der Waals surface area contributed by atoms with E-state index in [4.69, 9.17) is 5.73 Å². The molecule has 0 amide bonds. The molecule has 1 saturated carbocycles. The Kier molecular flexibility index (Phi) is 4.83. The Hall–Kier alpha value is -1.39. The highest BCUT2D eigenvalue weighted by atomic mass is 15.2. The van der Waals surface area contributed by atoms with E-state index in [1.165, 1.54) is 42.7 Å². The first-order chi connectivity index (χ1) is 12.6. The normalized spacial score (nSPS) is 39.5. The van der Waals surface area contributed by atoms with Gasteiger partial charge in [0.05, 0.1) is 17.6 Å². The SMILES string of the molecule is CC/C1=C(CN2CCCC2N)/C=C(\C)C2NC(=NC)C3(CCC3)/C2=C/C1. The van der Waals surface area contributed by atoms with E-state index in [9.17, 15) is 0 Å². The van der Waals surface area contributed by atoms with Gasteiger partial charge in [0.2, 0.25) is 0 Å². The highest BCUT2D eigenvalue weighted by molar-refractivity contribution is 5.96. The molecule has 0 aromatic carbocycles. The van der Waals surface area contributed by atoms with E-state index in [1.807, 2.05) is 7.05 Å². The average molecular weight is 355 g/mol. The molecule has 0 bridgehead atoms. The number of hydrogen-bond acceptors (Lipinski definition) is 3. The van der Waals surface area contributed by atoms with Crippen molar-refractivity contribution in [1.29, 1.82) is 0 Å². The molecule has 2 unspecified atom stereocenters. The van der Waals surface area contributed by atoms with Crippen molar-refractivity contribution in [1.82, 2.24) is 10.2 Å². The van der Waals surface area contributed by atoms with Crippen LogP contribution in [0.1, 0.15) is 58.8 Å². The molecular formula is C22H34N4. The molecule has 2 saturated heterocycles. The molecule has 3 N–H and O–H groups in total.